The van der Waals surface area contributed by atoms with Crippen LogP contribution in [0.5, 0.6) is 5.88 Å². The van der Waals surface area contributed by atoms with Crippen LogP contribution in [0.15, 0.2) is 59.8 Å². The lowest BCUT2D eigenvalue weighted by molar-refractivity contribution is 0.0706. The molecular formula is C25H29FN8O2. The zero-order valence-electron chi connectivity index (χ0n) is 19.6. The Morgan fingerprint density at radius 3 is 2.67 bits per heavy atom. The van der Waals surface area contributed by atoms with Crippen LogP contribution in [0.2, 0.25) is 0 Å². The summed E-state index contributed by atoms with van der Waals surface area (Å²) in [4.78, 5) is 23.4. The van der Waals surface area contributed by atoms with Crippen LogP contribution >= 0.6 is 0 Å². The fourth-order valence-corrected chi connectivity index (χ4v) is 3.91. The molecule has 188 valence electrons. The van der Waals surface area contributed by atoms with Gasteiger partial charge in [0.15, 0.2) is 5.84 Å². The third kappa shape index (κ3) is 5.92. The molecule has 1 fully saturated rings. The maximum atomic E-state index is 14.1. The van der Waals surface area contributed by atoms with Crippen molar-refractivity contribution >= 4 is 11.7 Å². The minimum atomic E-state index is -0.489. The van der Waals surface area contributed by atoms with Crippen molar-refractivity contribution in [2.24, 2.45) is 16.7 Å². The van der Waals surface area contributed by atoms with Gasteiger partial charge in [0.1, 0.15) is 18.1 Å². The number of carbonyl (C=O) groups is 1. The topological polar surface area (TPSA) is 179 Å². The summed E-state index contributed by atoms with van der Waals surface area (Å²) in [6.45, 7) is 1.15. The van der Waals surface area contributed by atoms with Gasteiger partial charge >= 0.3 is 0 Å². The predicted molar refractivity (Wildman–Crippen MR) is 134 cm³/mol. The highest BCUT2D eigenvalue weighted by Gasteiger charge is 2.26. The largest absolute Gasteiger partial charge is 0.473 e. The number of hydrogen-bond donors (Lipinski definition) is 3. The summed E-state index contributed by atoms with van der Waals surface area (Å²) in [5.74, 6) is 5.26. The lowest BCUT2D eigenvalue weighted by atomic mass is 9.93. The van der Waals surface area contributed by atoms with Gasteiger partial charge in [0.25, 0.3) is 5.91 Å². The van der Waals surface area contributed by atoms with Crippen LogP contribution in [0.4, 0.5) is 4.39 Å². The van der Waals surface area contributed by atoms with E-state index in [4.69, 9.17) is 21.6 Å². The zero-order chi connectivity index (χ0) is 24.8. The van der Waals surface area contributed by atoms with Crippen molar-refractivity contribution in [3.63, 3.8) is 0 Å². The molecule has 4 rings (SSSR count). The molecule has 1 amide bonds. The number of piperidine rings is 1. The number of rotatable bonds is 6. The molecule has 1 aliphatic heterocycles. The molecule has 0 spiro atoms. The number of nitrogens with zero attached hydrogens (tertiary/aromatic N) is 5. The molecule has 3 heterocycles. The van der Waals surface area contributed by atoms with Crippen LogP contribution in [0.3, 0.4) is 0 Å². The standard InChI is InChI=1S/C25H24FN7O2.H3N.H2/c26-20-12-16(13-27)4-5-19(20)15-35-23-3-1-2-21(31-23)17-8-10-33(11-9-17)25(34)22-7-6-18(14-30-22)24(28)32-29;;/h1-7,12,14,17H,8-11,15,29H2,(H2,28,32);1H3;1H. The zero-order valence-corrected chi connectivity index (χ0v) is 19.6. The summed E-state index contributed by atoms with van der Waals surface area (Å²) in [6.07, 6.45) is 2.97. The van der Waals surface area contributed by atoms with Crippen molar-refractivity contribution in [2.45, 2.75) is 25.4 Å². The first-order valence-corrected chi connectivity index (χ1v) is 11.1. The lowest BCUT2D eigenvalue weighted by Crippen LogP contribution is -2.38. The van der Waals surface area contributed by atoms with Gasteiger partial charge in [-0.3, -0.25) is 9.78 Å². The van der Waals surface area contributed by atoms with E-state index in [1.807, 2.05) is 18.2 Å². The summed E-state index contributed by atoms with van der Waals surface area (Å²) >= 11 is 0. The van der Waals surface area contributed by atoms with E-state index in [2.05, 4.69) is 15.1 Å². The quantitative estimate of drug-likeness (QED) is 0.203. The van der Waals surface area contributed by atoms with Crippen LogP contribution < -0.4 is 22.5 Å². The Kier molecular flexibility index (Phi) is 8.48. The van der Waals surface area contributed by atoms with E-state index in [9.17, 15) is 9.18 Å². The molecule has 1 aromatic carbocycles. The van der Waals surface area contributed by atoms with Gasteiger partial charge in [-0.2, -0.15) is 10.4 Å². The van der Waals surface area contributed by atoms with Gasteiger partial charge in [0, 0.05) is 49.5 Å². The molecule has 0 aliphatic carbocycles. The number of carbonyl (C=O) groups excluding carboxylic acids is 1. The Morgan fingerprint density at radius 1 is 1.25 bits per heavy atom. The summed E-state index contributed by atoms with van der Waals surface area (Å²) in [5.41, 5.74) is 8.02. The smallest absolute Gasteiger partial charge is 0.272 e. The van der Waals surface area contributed by atoms with Gasteiger partial charge in [-0.1, -0.05) is 12.1 Å². The first-order chi connectivity index (χ1) is 17.0. The average Bonchev–Trinajstić information content (AvgIpc) is 2.91. The average molecular weight is 493 g/mol. The summed E-state index contributed by atoms with van der Waals surface area (Å²) in [7, 11) is 0. The second kappa shape index (κ2) is 11.7. The highest BCUT2D eigenvalue weighted by Crippen LogP contribution is 2.28. The molecule has 7 N–H and O–H groups in total. The molecule has 0 saturated carbocycles. The second-order valence-electron chi connectivity index (χ2n) is 8.12. The van der Waals surface area contributed by atoms with Gasteiger partial charge in [0.2, 0.25) is 5.88 Å². The molecule has 10 nitrogen and oxygen atoms in total. The van der Waals surface area contributed by atoms with Gasteiger partial charge < -0.3 is 27.4 Å². The summed E-state index contributed by atoms with van der Waals surface area (Å²) in [6, 6.07) is 15.0. The normalized spacial score (nSPS) is 14.0. The van der Waals surface area contributed by atoms with Crippen LogP contribution in [0, 0.1) is 17.1 Å². The van der Waals surface area contributed by atoms with E-state index in [0.717, 1.165) is 18.5 Å². The number of likely N-dealkylation sites (tertiary alicyclic amines) is 1. The summed E-state index contributed by atoms with van der Waals surface area (Å²) in [5, 5.41) is 12.3. The number of amidine groups is 1. The predicted octanol–water partition coefficient (Wildman–Crippen LogP) is 3.07. The number of halogens is 1. The molecule has 36 heavy (non-hydrogen) atoms. The Bertz CT molecular complexity index is 1290. The van der Waals surface area contributed by atoms with E-state index in [-0.39, 0.29) is 37.4 Å². The van der Waals surface area contributed by atoms with Crippen molar-refractivity contribution in [2.75, 3.05) is 13.1 Å². The molecule has 3 aromatic rings. The number of pyridine rings is 2. The second-order valence-corrected chi connectivity index (χ2v) is 8.12. The third-order valence-corrected chi connectivity index (χ3v) is 5.92. The van der Waals surface area contributed by atoms with E-state index in [0.29, 0.717) is 35.8 Å². The van der Waals surface area contributed by atoms with Crippen molar-refractivity contribution < 1.29 is 15.3 Å². The number of ether oxygens (including phenoxy) is 1. The van der Waals surface area contributed by atoms with Crippen LogP contribution in [0.1, 0.15) is 53.1 Å². The maximum Gasteiger partial charge on any atom is 0.272 e. The highest BCUT2D eigenvalue weighted by molar-refractivity contribution is 5.98. The number of aromatic nitrogens is 2. The minimum Gasteiger partial charge on any atom is -0.473 e. The van der Waals surface area contributed by atoms with E-state index in [1.165, 1.54) is 18.3 Å². The van der Waals surface area contributed by atoms with Crippen LogP contribution in [-0.2, 0) is 6.61 Å². The fourth-order valence-electron chi connectivity index (χ4n) is 3.91. The maximum absolute atomic E-state index is 14.1. The van der Waals surface area contributed by atoms with E-state index in [1.54, 1.807) is 29.2 Å². The Labute approximate surface area is 209 Å². The fraction of sp³-hybridized carbons (Fsp3) is 0.240. The number of benzene rings is 1. The third-order valence-electron chi connectivity index (χ3n) is 5.92. The number of nitriles is 1. The lowest BCUT2D eigenvalue weighted by Gasteiger charge is -2.31. The van der Waals surface area contributed by atoms with Crippen LogP contribution in [-0.4, -0.2) is 39.7 Å². The number of amides is 1. The summed E-state index contributed by atoms with van der Waals surface area (Å²) < 4.78 is 19.8. The SMILES string of the molecule is N.N#Cc1ccc(COc2cccc(C3CCN(C(=O)c4ccc(/C(N)=N/N)cn4)CC3)n2)c(F)c1.[HH]. The van der Waals surface area contributed by atoms with Crippen LogP contribution in [0.25, 0.3) is 0 Å². The first kappa shape index (κ1) is 26.1. The Balaban J connectivity index is 0.00000241. The Morgan fingerprint density at radius 2 is 2.03 bits per heavy atom. The molecule has 1 aliphatic rings. The number of hydrogen-bond acceptors (Lipinski definition) is 8. The number of hydrazone groups is 1. The molecule has 0 unspecified atom stereocenters. The van der Waals surface area contributed by atoms with Crippen molar-refractivity contribution in [3.05, 3.63) is 88.6 Å². The van der Waals surface area contributed by atoms with Gasteiger partial charge in [-0.15, -0.1) is 0 Å². The first-order valence-electron chi connectivity index (χ1n) is 11.1. The van der Waals surface area contributed by atoms with Gasteiger partial charge in [-0.25, -0.2) is 9.37 Å². The monoisotopic (exact) mass is 492 g/mol. The van der Waals surface area contributed by atoms with Crippen molar-refractivity contribution in [1.82, 2.24) is 21.0 Å². The van der Waals surface area contributed by atoms with Crippen molar-refractivity contribution in [3.8, 4) is 11.9 Å². The molecular weight excluding hydrogens is 463 g/mol. The Hall–Kier alpha value is -4.56. The van der Waals surface area contributed by atoms with Gasteiger partial charge in [-0.05, 0) is 43.2 Å². The molecule has 0 bridgehead atoms. The number of nitrogens with two attached hydrogens (primary N) is 2. The minimum absolute atomic E-state index is 0. The molecule has 1 saturated heterocycles. The molecule has 0 radical (unpaired) electrons. The van der Waals surface area contributed by atoms with E-state index >= 15 is 0 Å². The van der Waals surface area contributed by atoms with Gasteiger partial charge in [0.05, 0.1) is 11.6 Å². The highest BCUT2D eigenvalue weighted by atomic mass is 19.1. The molecule has 2 aromatic heterocycles. The molecule has 11 heteroatoms. The van der Waals surface area contributed by atoms with E-state index < -0.39 is 5.82 Å². The van der Waals surface area contributed by atoms with Crippen molar-refractivity contribution in [1.29, 1.82) is 5.26 Å². The molecule has 0 atom stereocenters.